The molecule has 124 valence electrons. The Bertz CT molecular complexity index is 861. The first kappa shape index (κ1) is 13.1. The molecule has 4 bridgehead atoms. The number of benzene rings is 1. The zero-order valence-corrected chi connectivity index (χ0v) is 13.8. The van der Waals surface area contributed by atoms with Crippen molar-refractivity contribution in [2.24, 2.45) is 47.3 Å². The van der Waals surface area contributed by atoms with Crippen LogP contribution in [0.3, 0.4) is 0 Å². The molecule has 0 aromatic heterocycles. The Morgan fingerprint density at radius 2 is 1.32 bits per heavy atom. The van der Waals surface area contributed by atoms with E-state index in [1.807, 2.05) is 30.3 Å². The summed E-state index contributed by atoms with van der Waals surface area (Å²) in [6.45, 7) is 0. The molecule has 2 amide bonds. The van der Waals surface area contributed by atoms with Gasteiger partial charge in [0.25, 0.3) is 0 Å². The zero-order valence-electron chi connectivity index (χ0n) is 13.8. The number of anilines is 1. The molecule has 3 fully saturated rings. The van der Waals surface area contributed by atoms with Crippen molar-refractivity contribution in [2.45, 2.75) is 12.8 Å². The quantitative estimate of drug-likeness (QED) is 0.586. The third-order valence-corrected chi connectivity index (χ3v) is 7.98. The monoisotopic (exact) mass is 329 g/mol. The summed E-state index contributed by atoms with van der Waals surface area (Å²) in [5, 5.41) is 0. The largest absolute Gasteiger partial charge is 0.274 e. The second-order valence-electron chi connectivity index (χ2n) is 8.76. The average molecular weight is 329 g/mol. The van der Waals surface area contributed by atoms with Gasteiger partial charge in [0.2, 0.25) is 11.8 Å². The Kier molecular flexibility index (Phi) is 2.08. The van der Waals surface area contributed by atoms with Gasteiger partial charge in [0, 0.05) is 11.8 Å². The summed E-state index contributed by atoms with van der Waals surface area (Å²) >= 11 is 0. The van der Waals surface area contributed by atoms with Gasteiger partial charge >= 0.3 is 0 Å². The molecule has 0 unspecified atom stereocenters. The second-order valence-corrected chi connectivity index (χ2v) is 8.76. The highest BCUT2D eigenvalue weighted by atomic mass is 16.2. The Morgan fingerprint density at radius 3 is 1.88 bits per heavy atom. The first-order valence-electron chi connectivity index (χ1n) is 9.60. The predicted molar refractivity (Wildman–Crippen MR) is 92.3 cm³/mol. The maximum Gasteiger partial charge on any atom is 0.238 e. The minimum absolute atomic E-state index is 0.0537. The van der Waals surface area contributed by atoms with Crippen molar-refractivity contribution < 1.29 is 9.59 Å². The third kappa shape index (κ3) is 1.32. The van der Waals surface area contributed by atoms with Crippen molar-refractivity contribution in [2.75, 3.05) is 4.90 Å². The topological polar surface area (TPSA) is 37.4 Å². The average Bonchev–Trinajstić information content (AvgIpc) is 3.17. The van der Waals surface area contributed by atoms with E-state index in [9.17, 15) is 9.59 Å². The molecule has 1 aromatic carbocycles. The molecule has 8 atom stereocenters. The maximum absolute atomic E-state index is 13.2. The summed E-state index contributed by atoms with van der Waals surface area (Å²) in [4.78, 5) is 27.9. The molecule has 1 heterocycles. The molecule has 0 N–H and O–H groups in total. The number of para-hydroxylation sites is 1. The van der Waals surface area contributed by atoms with Crippen LogP contribution < -0.4 is 4.90 Å². The molecule has 1 aromatic rings. The number of imide groups is 1. The predicted octanol–water partition coefficient (Wildman–Crippen LogP) is 3.19. The van der Waals surface area contributed by atoms with Crippen LogP contribution in [0, 0.1) is 47.3 Å². The van der Waals surface area contributed by atoms with Gasteiger partial charge in [-0.3, -0.25) is 14.5 Å². The fourth-order valence-electron chi connectivity index (χ4n) is 7.16. The second kappa shape index (κ2) is 3.98. The maximum atomic E-state index is 13.2. The van der Waals surface area contributed by atoms with Gasteiger partial charge in [0.15, 0.2) is 0 Å². The Balaban J connectivity index is 1.34. The number of carbonyl (C=O) groups excluding carboxylic acids is 2. The molecule has 1 aliphatic heterocycles. The summed E-state index contributed by atoms with van der Waals surface area (Å²) in [6, 6.07) is 9.49. The van der Waals surface area contributed by atoms with Crippen molar-refractivity contribution in [3.8, 4) is 0 Å². The smallest absolute Gasteiger partial charge is 0.238 e. The third-order valence-electron chi connectivity index (χ3n) is 7.98. The number of hydrogen-bond donors (Lipinski definition) is 0. The van der Waals surface area contributed by atoms with Crippen LogP contribution in [0.1, 0.15) is 12.8 Å². The minimum atomic E-state index is -0.0959. The molecule has 25 heavy (non-hydrogen) atoms. The molecule has 1 saturated heterocycles. The zero-order chi connectivity index (χ0) is 16.4. The highest BCUT2D eigenvalue weighted by molar-refractivity contribution is 6.23. The van der Waals surface area contributed by atoms with Crippen LogP contribution in [0.5, 0.6) is 0 Å². The van der Waals surface area contributed by atoms with Crippen LogP contribution in [0.4, 0.5) is 5.69 Å². The van der Waals surface area contributed by atoms with Gasteiger partial charge in [-0.05, 0) is 48.6 Å². The number of fused-ring (bicyclic) bond motifs is 5. The normalized spacial score (nSPS) is 47.4. The number of carbonyl (C=O) groups is 2. The molecule has 2 saturated carbocycles. The first-order valence-corrected chi connectivity index (χ1v) is 9.60. The van der Waals surface area contributed by atoms with Crippen LogP contribution in [0.25, 0.3) is 0 Å². The van der Waals surface area contributed by atoms with E-state index >= 15 is 0 Å². The number of amides is 2. The molecule has 3 heteroatoms. The van der Waals surface area contributed by atoms with Crippen molar-refractivity contribution in [1.82, 2.24) is 0 Å². The number of rotatable bonds is 1. The van der Waals surface area contributed by atoms with Crippen LogP contribution in [0.15, 0.2) is 53.6 Å². The number of allylic oxidation sites excluding steroid dienone is 4. The van der Waals surface area contributed by atoms with Crippen molar-refractivity contribution in [3.63, 3.8) is 0 Å². The minimum Gasteiger partial charge on any atom is -0.274 e. The SMILES string of the molecule is O=C1[C@@H]2[C@H](C(=O)N1c1ccccc1)[C@H]1C[C@H]2C2=C1[C@H]1C=C[C@H]2[C@@H]2C[C@H]21. The molecule has 0 radical (unpaired) electrons. The van der Waals surface area contributed by atoms with E-state index in [2.05, 4.69) is 12.2 Å². The Labute approximate surface area is 146 Å². The van der Waals surface area contributed by atoms with Crippen LogP contribution in [-0.4, -0.2) is 11.8 Å². The molecule has 7 aliphatic rings. The fraction of sp³-hybridized carbons (Fsp3) is 0.455. The lowest BCUT2D eigenvalue weighted by atomic mass is 9.63. The van der Waals surface area contributed by atoms with Gasteiger partial charge in [-0.1, -0.05) is 41.5 Å². The number of nitrogens with zero attached hydrogens (tertiary/aromatic N) is 1. The van der Waals surface area contributed by atoms with E-state index in [0.29, 0.717) is 23.7 Å². The van der Waals surface area contributed by atoms with Crippen molar-refractivity contribution in [3.05, 3.63) is 53.6 Å². The molecule has 8 rings (SSSR count). The highest BCUT2D eigenvalue weighted by Crippen LogP contribution is 2.72. The summed E-state index contributed by atoms with van der Waals surface area (Å²) in [5.41, 5.74) is 3.93. The van der Waals surface area contributed by atoms with Gasteiger partial charge in [-0.25, -0.2) is 0 Å². The summed E-state index contributed by atoms with van der Waals surface area (Å²) in [7, 11) is 0. The summed E-state index contributed by atoms with van der Waals surface area (Å²) in [6.07, 6.45) is 7.24. The van der Waals surface area contributed by atoms with Crippen molar-refractivity contribution >= 4 is 17.5 Å². The first-order chi connectivity index (χ1) is 12.3. The summed E-state index contributed by atoms with van der Waals surface area (Å²) < 4.78 is 0. The van der Waals surface area contributed by atoms with Crippen LogP contribution >= 0.6 is 0 Å². The van der Waals surface area contributed by atoms with E-state index < -0.39 is 0 Å². The Morgan fingerprint density at radius 1 is 0.760 bits per heavy atom. The van der Waals surface area contributed by atoms with E-state index in [4.69, 9.17) is 0 Å². The lowest BCUT2D eigenvalue weighted by Gasteiger charge is -2.40. The van der Waals surface area contributed by atoms with Gasteiger partial charge in [0.05, 0.1) is 17.5 Å². The van der Waals surface area contributed by atoms with Gasteiger partial charge < -0.3 is 0 Å². The van der Waals surface area contributed by atoms with E-state index in [-0.39, 0.29) is 23.7 Å². The fourth-order valence-corrected chi connectivity index (χ4v) is 7.16. The lowest BCUT2D eigenvalue weighted by molar-refractivity contribution is -0.123. The van der Waals surface area contributed by atoms with E-state index in [1.54, 1.807) is 11.1 Å². The van der Waals surface area contributed by atoms with Gasteiger partial charge in [-0.2, -0.15) is 0 Å². The molecular formula is C22H19NO2. The van der Waals surface area contributed by atoms with Crippen LogP contribution in [-0.2, 0) is 9.59 Å². The lowest BCUT2D eigenvalue weighted by Crippen LogP contribution is -2.36. The highest BCUT2D eigenvalue weighted by Gasteiger charge is 2.69. The van der Waals surface area contributed by atoms with E-state index in [0.717, 1.165) is 23.9 Å². The van der Waals surface area contributed by atoms with E-state index in [1.165, 1.54) is 11.3 Å². The van der Waals surface area contributed by atoms with Crippen LogP contribution in [0.2, 0.25) is 0 Å². The Hall–Kier alpha value is -2.16. The molecule has 3 nitrogen and oxygen atoms in total. The number of hydrogen-bond acceptors (Lipinski definition) is 2. The van der Waals surface area contributed by atoms with Crippen molar-refractivity contribution in [1.29, 1.82) is 0 Å². The summed E-state index contributed by atoms with van der Waals surface area (Å²) in [5.74, 6) is 3.40. The molecule has 6 aliphatic carbocycles. The van der Waals surface area contributed by atoms with Gasteiger partial charge in [0.1, 0.15) is 0 Å². The molecular weight excluding hydrogens is 310 g/mol. The molecule has 0 spiro atoms. The standard InChI is InChI=1S/C22H19NO2/c24-21-19-15-9-16(18-12-7-6-11(17(15)18)13-8-14(12)13)20(19)22(25)23(21)10-4-2-1-3-5-10/h1-7,11-16,19-20H,8-9H2/t11-,12-,13-,14-,15-,16-,19-,20+/m0/s1. The van der Waals surface area contributed by atoms with Gasteiger partial charge in [-0.15, -0.1) is 0 Å².